The minimum Gasteiger partial charge on any atom is -0.496 e. The molecule has 0 saturated heterocycles. The molecule has 1 aliphatic heterocycles. The Bertz CT molecular complexity index is 624. The maximum atomic E-state index is 5.34. The molecule has 0 spiro atoms. The van der Waals surface area contributed by atoms with Gasteiger partial charge in [0, 0.05) is 31.9 Å². The predicted molar refractivity (Wildman–Crippen MR) is 86.9 cm³/mol. The van der Waals surface area contributed by atoms with E-state index in [2.05, 4.69) is 59.6 Å². The van der Waals surface area contributed by atoms with E-state index in [1.165, 1.54) is 22.4 Å². The molecule has 0 fully saturated rings. The monoisotopic (exact) mass is 282 g/mol. The molecule has 2 aromatic carbocycles. The molecular weight excluding hydrogens is 260 g/mol. The summed E-state index contributed by atoms with van der Waals surface area (Å²) in [5.74, 6) is 0.955. The zero-order valence-corrected chi connectivity index (χ0v) is 12.7. The number of fused-ring (bicyclic) bond motifs is 1. The number of methoxy groups -OCH3 is 1. The highest BCUT2D eigenvalue weighted by Crippen LogP contribution is 2.25. The second-order valence-corrected chi connectivity index (χ2v) is 5.53. The number of benzene rings is 2. The van der Waals surface area contributed by atoms with Gasteiger partial charge in [0.2, 0.25) is 0 Å². The van der Waals surface area contributed by atoms with Crippen LogP contribution in [0.4, 0.5) is 5.69 Å². The van der Waals surface area contributed by atoms with Gasteiger partial charge in [0.15, 0.2) is 0 Å². The maximum absolute atomic E-state index is 5.34. The summed E-state index contributed by atoms with van der Waals surface area (Å²) in [4.78, 5) is 2.45. The maximum Gasteiger partial charge on any atom is 0.121 e. The van der Waals surface area contributed by atoms with Gasteiger partial charge in [-0.1, -0.05) is 30.3 Å². The summed E-state index contributed by atoms with van der Waals surface area (Å²) in [6.07, 6.45) is 0. The van der Waals surface area contributed by atoms with Gasteiger partial charge >= 0.3 is 0 Å². The summed E-state index contributed by atoms with van der Waals surface area (Å²) in [5.41, 5.74) is 5.23. The first kappa shape index (κ1) is 14.0. The summed E-state index contributed by atoms with van der Waals surface area (Å²) in [7, 11) is 1.72. The average Bonchev–Trinajstić information content (AvgIpc) is 2.70. The van der Waals surface area contributed by atoms with Crippen molar-refractivity contribution >= 4 is 5.69 Å². The number of rotatable bonds is 3. The lowest BCUT2D eigenvalue weighted by molar-refractivity contribution is 0.411. The Morgan fingerprint density at radius 2 is 2.05 bits per heavy atom. The fourth-order valence-electron chi connectivity index (χ4n) is 2.95. The lowest BCUT2D eigenvalue weighted by atomic mass is 10.1. The van der Waals surface area contributed by atoms with Crippen molar-refractivity contribution in [1.29, 1.82) is 0 Å². The summed E-state index contributed by atoms with van der Waals surface area (Å²) in [6, 6.07) is 15.1. The van der Waals surface area contributed by atoms with Crippen LogP contribution in [0.3, 0.4) is 0 Å². The number of hydrogen-bond acceptors (Lipinski definition) is 3. The molecular formula is C18H22N2O. The van der Waals surface area contributed by atoms with Gasteiger partial charge in [-0.2, -0.15) is 0 Å². The van der Waals surface area contributed by atoms with Crippen LogP contribution in [0.2, 0.25) is 0 Å². The van der Waals surface area contributed by atoms with E-state index in [4.69, 9.17) is 4.74 Å². The van der Waals surface area contributed by atoms with Gasteiger partial charge in [-0.25, -0.2) is 0 Å². The van der Waals surface area contributed by atoms with Crippen LogP contribution in [0.1, 0.15) is 16.7 Å². The number of ether oxygens (including phenoxy) is 1. The Morgan fingerprint density at radius 1 is 1.19 bits per heavy atom. The van der Waals surface area contributed by atoms with E-state index >= 15 is 0 Å². The van der Waals surface area contributed by atoms with E-state index in [0.29, 0.717) is 0 Å². The first-order chi connectivity index (χ1) is 10.3. The zero-order valence-electron chi connectivity index (χ0n) is 12.7. The third kappa shape index (κ3) is 3.03. The van der Waals surface area contributed by atoms with Gasteiger partial charge in [-0.3, -0.25) is 0 Å². The molecule has 1 N–H and O–H groups in total. The van der Waals surface area contributed by atoms with Gasteiger partial charge in [-0.15, -0.1) is 0 Å². The van der Waals surface area contributed by atoms with E-state index in [1.807, 2.05) is 0 Å². The number of anilines is 1. The van der Waals surface area contributed by atoms with E-state index in [1.54, 1.807) is 7.11 Å². The summed E-state index contributed by atoms with van der Waals surface area (Å²) in [5, 5.41) is 3.49. The molecule has 0 amide bonds. The normalized spacial score (nSPS) is 14.5. The molecule has 3 nitrogen and oxygen atoms in total. The summed E-state index contributed by atoms with van der Waals surface area (Å²) < 4.78 is 5.34. The fourth-order valence-corrected chi connectivity index (χ4v) is 2.95. The Morgan fingerprint density at radius 3 is 2.86 bits per heavy atom. The molecule has 110 valence electrons. The molecule has 3 rings (SSSR count). The number of hydrogen-bond donors (Lipinski definition) is 1. The topological polar surface area (TPSA) is 24.5 Å². The number of para-hydroxylation sites is 1. The highest BCUT2D eigenvalue weighted by Gasteiger charge is 2.14. The summed E-state index contributed by atoms with van der Waals surface area (Å²) in [6.45, 7) is 6.03. The zero-order chi connectivity index (χ0) is 14.7. The molecule has 0 unspecified atom stereocenters. The Kier molecular flexibility index (Phi) is 4.11. The van der Waals surface area contributed by atoms with Crippen molar-refractivity contribution in [1.82, 2.24) is 5.32 Å². The largest absolute Gasteiger partial charge is 0.496 e. The molecule has 0 radical (unpaired) electrons. The van der Waals surface area contributed by atoms with Crippen LogP contribution in [-0.4, -0.2) is 20.2 Å². The number of aryl methyl sites for hydroxylation is 1. The molecule has 0 atom stereocenters. The van der Waals surface area contributed by atoms with Crippen LogP contribution in [0.15, 0.2) is 42.5 Å². The van der Waals surface area contributed by atoms with Crippen molar-refractivity contribution in [3.8, 4) is 5.75 Å². The SMILES string of the molecule is COc1ccc(CN2CCNCc3ccccc32)cc1C. The minimum absolute atomic E-state index is 0.934. The lowest BCUT2D eigenvalue weighted by Crippen LogP contribution is -2.28. The Labute approximate surface area is 126 Å². The van der Waals surface area contributed by atoms with Crippen LogP contribution in [0.5, 0.6) is 5.75 Å². The first-order valence-electron chi connectivity index (χ1n) is 7.45. The third-order valence-electron chi connectivity index (χ3n) is 4.04. The van der Waals surface area contributed by atoms with Gasteiger partial charge in [0.05, 0.1) is 7.11 Å². The van der Waals surface area contributed by atoms with Gasteiger partial charge in [0.1, 0.15) is 5.75 Å². The van der Waals surface area contributed by atoms with Crippen molar-refractivity contribution in [2.24, 2.45) is 0 Å². The van der Waals surface area contributed by atoms with E-state index in [9.17, 15) is 0 Å². The molecule has 0 aromatic heterocycles. The predicted octanol–water partition coefficient (Wildman–Crippen LogP) is 3.11. The van der Waals surface area contributed by atoms with Gasteiger partial charge in [0.25, 0.3) is 0 Å². The van der Waals surface area contributed by atoms with Crippen LogP contribution in [-0.2, 0) is 13.1 Å². The third-order valence-corrected chi connectivity index (χ3v) is 4.04. The Balaban J connectivity index is 1.86. The molecule has 3 heteroatoms. The van der Waals surface area contributed by atoms with Crippen molar-refractivity contribution in [2.75, 3.05) is 25.1 Å². The van der Waals surface area contributed by atoms with Crippen molar-refractivity contribution in [3.63, 3.8) is 0 Å². The highest BCUT2D eigenvalue weighted by atomic mass is 16.5. The smallest absolute Gasteiger partial charge is 0.121 e. The highest BCUT2D eigenvalue weighted by molar-refractivity contribution is 5.55. The molecule has 0 aliphatic carbocycles. The molecule has 0 saturated carbocycles. The fraction of sp³-hybridized carbons (Fsp3) is 0.333. The second kappa shape index (κ2) is 6.19. The lowest BCUT2D eigenvalue weighted by Gasteiger charge is -2.25. The van der Waals surface area contributed by atoms with E-state index in [-0.39, 0.29) is 0 Å². The second-order valence-electron chi connectivity index (χ2n) is 5.53. The van der Waals surface area contributed by atoms with E-state index in [0.717, 1.165) is 31.9 Å². The van der Waals surface area contributed by atoms with E-state index < -0.39 is 0 Å². The van der Waals surface area contributed by atoms with Crippen molar-refractivity contribution < 1.29 is 4.74 Å². The molecule has 1 heterocycles. The van der Waals surface area contributed by atoms with Gasteiger partial charge < -0.3 is 15.0 Å². The molecule has 1 aliphatic rings. The molecule has 2 aromatic rings. The van der Waals surface area contributed by atoms with Crippen molar-refractivity contribution in [2.45, 2.75) is 20.0 Å². The van der Waals surface area contributed by atoms with Crippen LogP contribution in [0, 0.1) is 6.92 Å². The number of nitrogens with zero attached hydrogens (tertiary/aromatic N) is 1. The van der Waals surface area contributed by atoms with Gasteiger partial charge in [-0.05, 0) is 35.7 Å². The summed E-state index contributed by atoms with van der Waals surface area (Å²) >= 11 is 0. The van der Waals surface area contributed by atoms with Crippen LogP contribution in [0.25, 0.3) is 0 Å². The van der Waals surface area contributed by atoms with Crippen LogP contribution < -0.4 is 15.0 Å². The number of nitrogens with one attached hydrogen (secondary N) is 1. The molecule has 21 heavy (non-hydrogen) atoms. The standard InChI is InChI=1S/C18H22N2O/c1-14-11-15(7-8-18(14)21-2)13-20-10-9-19-12-16-5-3-4-6-17(16)20/h3-8,11,19H,9-10,12-13H2,1-2H3. The average molecular weight is 282 g/mol. The Hall–Kier alpha value is -2.00. The van der Waals surface area contributed by atoms with Crippen LogP contribution >= 0.6 is 0 Å². The van der Waals surface area contributed by atoms with Crippen molar-refractivity contribution in [3.05, 3.63) is 59.2 Å². The minimum atomic E-state index is 0.934. The quantitative estimate of drug-likeness (QED) is 0.936. The molecule has 0 bridgehead atoms. The first-order valence-corrected chi connectivity index (χ1v) is 7.45.